The largest absolute Gasteiger partial charge is 0.349 e. The summed E-state index contributed by atoms with van der Waals surface area (Å²) in [6.07, 6.45) is 3.02. The zero-order valence-corrected chi connectivity index (χ0v) is 9.71. The number of benzene rings is 1. The third kappa shape index (κ3) is 1.57. The van der Waals surface area contributed by atoms with Gasteiger partial charge in [-0.1, -0.05) is 12.1 Å². The second kappa shape index (κ2) is 3.75. The Morgan fingerprint density at radius 1 is 1.43 bits per heavy atom. The van der Waals surface area contributed by atoms with Gasteiger partial charge in [-0.15, -0.1) is 0 Å². The maximum atomic E-state index is 5.53. The fourth-order valence-electron chi connectivity index (χ4n) is 1.70. The van der Waals surface area contributed by atoms with Crippen molar-refractivity contribution in [1.82, 2.24) is 4.57 Å². The summed E-state index contributed by atoms with van der Waals surface area (Å²) in [5.74, 6) is 0. The van der Waals surface area contributed by atoms with Crippen LogP contribution in [0.2, 0.25) is 0 Å². The van der Waals surface area contributed by atoms with Crippen molar-refractivity contribution in [2.75, 3.05) is 6.54 Å². The summed E-state index contributed by atoms with van der Waals surface area (Å²) in [7, 11) is 2.05. The highest BCUT2D eigenvalue weighted by atomic mass is 79.9. The zero-order chi connectivity index (χ0) is 10.1. The predicted octanol–water partition coefficient (Wildman–Crippen LogP) is 2.44. The lowest BCUT2D eigenvalue weighted by molar-refractivity contribution is 0.951. The van der Waals surface area contributed by atoms with Crippen LogP contribution >= 0.6 is 15.9 Å². The molecule has 0 fully saturated rings. The highest BCUT2D eigenvalue weighted by molar-refractivity contribution is 9.10. The van der Waals surface area contributed by atoms with Gasteiger partial charge in [0.1, 0.15) is 0 Å². The van der Waals surface area contributed by atoms with Crippen LogP contribution in [0, 0.1) is 0 Å². The standard InChI is InChI=1S/C11H13BrN2/c1-14-7-10(12)9-3-2-8(4-5-13)6-11(9)14/h2-3,6-7H,4-5,13H2,1H3. The maximum Gasteiger partial charge on any atom is 0.0492 e. The molecule has 0 aliphatic rings. The van der Waals surface area contributed by atoms with E-state index in [9.17, 15) is 0 Å². The number of fused-ring (bicyclic) bond motifs is 1. The fraction of sp³-hybridized carbons (Fsp3) is 0.273. The fourth-order valence-corrected chi connectivity index (χ4v) is 2.34. The normalized spacial score (nSPS) is 11.1. The minimum Gasteiger partial charge on any atom is -0.349 e. The number of rotatable bonds is 2. The summed E-state index contributed by atoms with van der Waals surface area (Å²) in [5, 5.41) is 1.26. The molecule has 0 unspecified atom stereocenters. The number of nitrogens with two attached hydrogens (primary N) is 1. The van der Waals surface area contributed by atoms with E-state index in [2.05, 4.69) is 51.9 Å². The maximum absolute atomic E-state index is 5.53. The van der Waals surface area contributed by atoms with Crippen molar-refractivity contribution in [3.8, 4) is 0 Å². The van der Waals surface area contributed by atoms with Crippen molar-refractivity contribution in [3.05, 3.63) is 34.4 Å². The van der Waals surface area contributed by atoms with E-state index in [-0.39, 0.29) is 0 Å². The number of hydrogen-bond donors (Lipinski definition) is 1. The second-order valence-corrected chi connectivity index (χ2v) is 4.33. The topological polar surface area (TPSA) is 30.9 Å². The van der Waals surface area contributed by atoms with Crippen LogP contribution in [0.5, 0.6) is 0 Å². The van der Waals surface area contributed by atoms with Crippen LogP contribution in [0.15, 0.2) is 28.9 Å². The summed E-state index contributed by atoms with van der Waals surface area (Å²) in [5.41, 5.74) is 8.08. The van der Waals surface area contributed by atoms with Gasteiger partial charge in [-0.3, -0.25) is 0 Å². The average molecular weight is 253 g/mol. The Bertz CT molecular complexity index is 460. The molecular formula is C11H13BrN2. The van der Waals surface area contributed by atoms with Crippen LogP contribution in [-0.4, -0.2) is 11.1 Å². The van der Waals surface area contributed by atoms with E-state index in [0.717, 1.165) is 10.9 Å². The molecule has 0 aliphatic heterocycles. The van der Waals surface area contributed by atoms with Gasteiger partial charge >= 0.3 is 0 Å². The molecule has 2 aromatic rings. The third-order valence-corrected chi connectivity index (χ3v) is 3.07. The molecule has 0 aliphatic carbocycles. The molecule has 0 spiro atoms. The van der Waals surface area contributed by atoms with Gasteiger partial charge in [0.2, 0.25) is 0 Å². The van der Waals surface area contributed by atoms with Gasteiger partial charge in [-0.2, -0.15) is 0 Å². The van der Waals surface area contributed by atoms with Gasteiger partial charge in [0.15, 0.2) is 0 Å². The van der Waals surface area contributed by atoms with Gasteiger partial charge in [-0.05, 0) is 40.5 Å². The minimum absolute atomic E-state index is 0.705. The molecule has 2 N–H and O–H groups in total. The highest BCUT2D eigenvalue weighted by Crippen LogP contribution is 2.26. The number of nitrogens with zero attached hydrogens (tertiary/aromatic N) is 1. The van der Waals surface area contributed by atoms with E-state index < -0.39 is 0 Å². The molecule has 1 heterocycles. The Labute approximate surface area is 91.8 Å². The molecule has 0 saturated heterocycles. The lowest BCUT2D eigenvalue weighted by Gasteiger charge is -2.00. The molecule has 2 nitrogen and oxygen atoms in total. The molecule has 3 heteroatoms. The molecule has 0 saturated carbocycles. The summed E-state index contributed by atoms with van der Waals surface area (Å²) >= 11 is 3.54. The van der Waals surface area contributed by atoms with Gasteiger partial charge in [0, 0.05) is 28.6 Å². The SMILES string of the molecule is Cn1cc(Br)c2ccc(CCN)cc21. The number of aryl methyl sites for hydroxylation is 1. The Kier molecular flexibility index (Phi) is 2.61. The Morgan fingerprint density at radius 3 is 2.93 bits per heavy atom. The van der Waals surface area contributed by atoms with Crippen molar-refractivity contribution >= 4 is 26.8 Å². The molecule has 0 bridgehead atoms. The predicted molar refractivity (Wildman–Crippen MR) is 63.4 cm³/mol. The summed E-state index contributed by atoms with van der Waals surface area (Å²) in [6.45, 7) is 0.705. The van der Waals surface area contributed by atoms with Crippen LogP contribution < -0.4 is 5.73 Å². The number of hydrogen-bond acceptors (Lipinski definition) is 1. The molecule has 2 rings (SSSR count). The van der Waals surface area contributed by atoms with Crippen LogP contribution in [0.25, 0.3) is 10.9 Å². The lowest BCUT2D eigenvalue weighted by atomic mass is 10.1. The smallest absolute Gasteiger partial charge is 0.0492 e. The second-order valence-electron chi connectivity index (χ2n) is 3.48. The first-order valence-corrected chi connectivity index (χ1v) is 5.45. The van der Waals surface area contributed by atoms with Crippen LogP contribution in [0.3, 0.4) is 0 Å². The molecule has 1 aromatic heterocycles. The minimum atomic E-state index is 0.705. The Balaban J connectivity index is 2.59. The summed E-state index contributed by atoms with van der Waals surface area (Å²) < 4.78 is 3.27. The Hall–Kier alpha value is -0.800. The van der Waals surface area contributed by atoms with E-state index in [1.165, 1.54) is 16.5 Å². The first-order valence-electron chi connectivity index (χ1n) is 4.66. The average Bonchev–Trinajstić information content (AvgIpc) is 2.43. The number of halogens is 1. The molecular weight excluding hydrogens is 240 g/mol. The van der Waals surface area contributed by atoms with Crippen molar-refractivity contribution in [2.24, 2.45) is 12.8 Å². The molecule has 0 radical (unpaired) electrons. The monoisotopic (exact) mass is 252 g/mol. The van der Waals surface area contributed by atoms with E-state index in [1.807, 2.05) is 0 Å². The van der Waals surface area contributed by atoms with Crippen LogP contribution in [-0.2, 0) is 13.5 Å². The van der Waals surface area contributed by atoms with E-state index in [1.54, 1.807) is 0 Å². The van der Waals surface area contributed by atoms with E-state index >= 15 is 0 Å². The Morgan fingerprint density at radius 2 is 2.21 bits per heavy atom. The number of aromatic nitrogens is 1. The van der Waals surface area contributed by atoms with Gasteiger partial charge in [0.05, 0.1) is 0 Å². The molecule has 14 heavy (non-hydrogen) atoms. The highest BCUT2D eigenvalue weighted by Gasteiger charge is 2.04. The van der Waals surface area contributed by atoms with Gasteiger partial charge < -0.3 is 10.3 Å². The third-order valence-electron chi connectivity index (χ3n) is 2.44. The first kappa shape index (κ1) is 9.74. The van der Waals surface area contributed by atoms with Crippen molar-refractivity contribution in [3.63, 3.8) is 0 Å². The van der Waals surface area contributed by atoms with E-state index in [0.29, 0.717) is 6.54 Å². The molecule has 0 atom stereocenters. The molecule has 0 amide bonds. The molecule has 74 valence electrons. The quantitative estimate of drug-likeness (QED) is 0.875. The summed E-state index contributed by atoms with van der Waals surface area (Å²) in [4.78, 5) is 0. The van der Waals surface area contributed by atoms with Crippen molar-refractivity contribution in [2.45, 2.75) is 6.42 Å². The van der Waals surface area contributed by atoms with Gasteiger partial charge in [-0.25, -0.2) is 0 Å². The lowest BCUT2D eigenvalue weighted by Crippen LogP contribution is -2.02. The summed E-state index contributed by atoms with van der Waals surface area (Å²) in [6, 6.07) is 6.48. The van der Waals surface area contributed by atoms with Crippen LogP contribution in [0.4, 0.5) is 0 Å². The first-order chi connectivity index (χ1) is 6.72. The molecule has 1 aromatic carbocycles. The van der Waals surface area contributed by atoms with Crippen LogP contribution in [0.1, 0.15) is 5.56 Å². The van der Waals surface area contributed by atoms with Crippen molar-refractivity contribution in [1.29, 1.82) is 0 Å². The van der Waals surface area contributed by atoms with Crippen molar-refractivity contribution < 1.29 is 0 Å². The van der Waals surface area contributed by atoms with E-state index in [4.69, 9.17) is 5.73 Å². The van der Waals surface area contributed by atoms with Gasteiger partial charge in [0.25, 0.3) is 0 Å². The zero-order valence-electron chi connectivity index (χ0n) is 8.13.